The van der Waals surface area contributed by atoms with E-state index >= 15 is 0 Å². The van der Waals surface area contributed by atoms with Crippen LogP contribution in [0.2, 0.25) is 0 Å². The molecule has 76 valence electrons. The number of benzene rings is 1. The van der Waals surface area contributed by atoms with Gasteiger partial charge < -0.3 is 15.2 Å². The van der Waals surface area contributed by atoms with Crippen molar-refractivity contribution < 1.29 is 13.9 Å². The van der Waals surface area contributed by atoms with Crippen LogP contribution in [0.15, 0.2) is 18.2 Å². The minimum absolute atomic E-state index is 0.125. The van der Waals surface area contributed by atoms with Crippen molar-refractivity contribution in [2.75, 3.05) is 18.9 Å². The highest BCUT2D eigenvalue weighted by molar-refractivity contribution is 5.42. The Labute approximate surface area is 81.6 Å². The molecule has 14 heavy (non-hydrogen) atoms. The van der Waals surface area contributed by atoms with Gasteiger partial charge in [-0.25, -0.2) is 4.39 Å². The van der Waals surface area contributed by atoms with E-state index in [0.717, 1.165) is 12.0 Å². The smallest absolute Gasteiger partial charge is 0.183 e. The van der Waals surface area contributed by atoms with E-state index in [1.807, 2.05) is 0 Å². The van der Waals surface area contributed by atoms with Gasteiger partial charge in [0.05, 0.1) is 18.9 Å². The maximum atomic E-state index is 12.9. The molecule has 0 radical (unpaired) electrons. The predicted molar refractivity (Wildman–Crippen MR) is 50.1 cm³/mol. The zero-order valence-corrected chi connectivity index (χ0v) is 7.70. The molecule has 1 aromatic rings. The summed E-state index contributed by atoms with van der Waals surface area (Å²) in [4.78, 5) is 0. The molecule has 0 aliphatic carbocycles. The number of anilines is 1. The van der Waals surface area contributed by atoms with E-state index in [9.17, 15) is 4.39 Å². The van der Waals surface area contributed by atoms with Gasteiger partial charge in [0.25, 0.3) is 0 Å². The molecule has 0 unspecified atom stereocenters. The van der Waals surface area contributed by atoms with Crippen molar-refractivity contribution in [3.8, 4) is 0 Å². The van der Waals surface area contributed by atoms with Crippen molar-refractivity contribution in [3.05, 3.63) is 29.6 Å². The standard InChI is InChI=1S/C10H12FNO2/c11-8-3-2-7(6-9(8)12)10-13-4-1-5-14-10/h2-3,6,10H,1,4-5,12H2. The van der Waals surface area contributed by atoms with Crippen LogP contribution in [-0.4, -0.2) is 13.2 Å². The molecule has 0 aromatic heterocycles. The molecule has 0 amide bonds. The normalized spacial score (nSPS) is 18.4. The van der Waals surface area contributed by atoms with Crippen LogP contribution in [0.1, 0.15) is 18.3 Å². The number of hydrogen-bond acceptors (Lipinski definition) is 3. The Morgan fingerprint density at radius 2 is 2.00 bits per heavy atom. The molecule has 1 aliphatic rings. The second-order valence-electron chi connectivity index (χ2n) is 3.21. The quantitative estimate of drug-likeness (QED) is 0.699. The highest BCUT2D eigenvalue weighted by Crippen LogP contribution is 2.25. The maximum absolute atomic E-state index is 12.9. The first-order valence-electron chi connectivity index (χ1n) is 4.55. The first kappa shape index (κ1) is 9.43. The second kappa shape index (κ2) is 3.94. The van der Waals surface area contributed by atoms with Gasteiger partial charge in [0.1, 0.15) is 5.82 Å². The average Bonchev–Trinajstić information content (AvgIpc) is 2.23. The molecular formula is C10H12FNO2. The number of ether oxygens (including phenoxy) is 2. The Kier molecular flexibility index (Phi) is 2.65. The van der Waals surface area contributed by atoms with Crippen molar-refractivity contribution in [2.45, 2.75) is 12.7 Å². The lowest BCUT2D eigenvalue weighted by molar-refractivity contribution is -0.183. The third-order valence-electron chi connectivity index (χ3n) is 2.12. The lowest BCUT2D eigenvalue weighted by Crippen LogP contribution is -2.17. The third-order valence-corrected chi connectivity index (χ3v) is 2.12. The number of hydrogen-bond donors (Lipinski definition) is 1. The van der Waals surface area contributed by atoms with Crippen molar-refractivity contribution in [1.29, 1.82) is 0 Å². The van der Waals surface area contributed by atoms with Crippen LogP contribution in [0, 0.1) is 5.82 Å². The van der Waals surface area contributed by atoms with Crippen LogP contribution in [0.5, 0.6) is 0 Å². The van der Waals surface area contributed by atoms with Gasteiger partial charge in [0, 0.05) is 5.56 Å². The molecule has 0 saturated carbocycles. The van der Waals surface area contributed by atoms with E-state index in [1.54, 1.807) is 12.1 Å². The summed E-state index contributed by atoms with van der Waals surface area (Å²) in [6.45, 7) is 1.34. The fraction of sp³-hybridized carbons (Fsp3) is 0.400. The lowest BCUT2D eigenvalue weighted by Gasteiger charge is -2.23. The summed E-state index contributed by atoms with van der Waals surface area (Å²) >= 11 is 0. The SMILES string of the molecule is Nc1cc(C2OCCCO2)ccc1F. The van der Waals surface area contributed by atoms with Crippen LogP contribution < -0.4 is 5.73 Å². The summed E-state index contributed by atoms with van der Waals surface area (Å²) < 4.78 is 23.6. The number of halogens is 1. The molecule has 3 nitrogen and oxygen atoms in total. The summed E-state index contributed by atoms with van der Waals surface area (Å²) in [5.74, 6) is -0.412. The van der Waals surface area contributed by atoms with E-state index in [0.29, 0.717) is 13.2 Å². The number of nitrogens with two attached hydrogens (primary N) is 1. The third kappa shape index (κ3) is 1.86. The monoisotopic (exact) mass is 197 g/mol. The topological polar surface area (TPSA) is 44.5 Å². The van der Waals surface area contributed by atoms with Crippen molar-refractivity contribution >= 4 is 5.69 Å². The van der Waals surface area contributed by atoms with E-state index in [2.05, 4.69) is 0 Å². The Morgan fingerprint density at radius 1 is 1.29 bits per heavy atom. The molecule has 1 aliphatic heterocycles. The molecule has 2 N–H and O–H groups in total. The summed E-state index contributed by atoms with van der Waals surface area (Å²) in [6, 6.07) is 4.50. The molecule has 0 bridgehead atoms. The summed E-state index contributed by atoms with van der Waals surface area (Å²) in [6.07, 6.45) is 0.499. The van der Waals surface area contributed by atoms with E-state index < -0.39 is 12.1 Å². The summed E-state index contributed by atoms with van der Waals surface area (Å²) in [5.41, 5.74) is 6.33. The number of rotatable bonds is 1. The van der Waals surface area contributed by atoms with Gasteiger partial charge >= 0.3 is 0 Å². The highest BCUT2D eigenvalue weighted by Gasteiger charge is 2.17. The van der Waals surface area contributed by atoms with Crippen molar-refractivity contribution in [1.82, 2.24) is 0 Å². The van der Waals surface area contributed by atoms with Crippen LogP contribution in [0.25, 0.3) is 0 Å². The van der Waals surface area contributed by atoms with Gasteiger partial charge in [0.15, 0.2) is 6.29 Å². The van der Waals surface area contributed by atoms with E-state index in [1.165, 1.54) is 6.07 Å². The molecule has 0 spiro atoms. The van der Waals surface area contributed by atoms with Crippen LogP contribution in [0.3, 0.4) is 0 Å². The Balaban J connectivity index is 2.18. The Hall–Kier alpha value is -1.13. The van der Waals surface area contributed by atoms with Crippen molar-refractivity contribution in [2.24, 2.45) is 0 Å². The molecule has 1 saturated heterocycles. The second-order valence-corrected chi connectivity index (χ2v) is 3.21. The molecule has 2 rings (SSSR count). The lowest BCUT2D eigenvalue weighted by atomic mass is 10.2. The van der Waals surface area contributed by atoms with Gasteiger partial charge in [-0.3, -0.25) is 0 Å². The van der Waals surface area contributed by atoms with Crippen LogP contribution in [-0.2, 0) is 9.47 Å². The van der Waals surface area contributed by atoms with Crippen molar-refractivity contribution in [3.63, 3.8) is 0 Å². The average molecular weight is 197 g/mol. The maximum Gasteiger partial charge on any atom is 0.183 e. The van der Waals surface area contributed by atoms with Gasteiger partial charge in [-0.1, -0.05) is 6.07 Å². The summed E-state index contributed by atoms with van der Waals surface area (Å²) in [7, 11) is 0. The zero-order chi connectivity index (χ0) is 9.97. The van der Waals surface area contributed by atoms with Gasteiger partial charge in [-0.2, -0.15) is 0 Å². The number of nitrogen functional groups attached to an aromatic ring is 1. The molecule has 4 heteroatoms. The first-order chi connectivity index (χ1) is 6.77. The van der Waals surface area contributed by atoms with Gasteiger partial charge in [-0.15, -0.1) is 0 Å². The van der Waals surface area contributed by atoms with Crippen LogP contribution >= 0.6 is 0 Å². The minimum Gasteiger partial charge on any atom is -0.396 e. The Bertz CT molecular complexity index is 324. The van der Waals surface area contributed by atoms with E-state index in [4.69, 9.17) is 15.2 Å². The predicted octanol–water partition coefficient (Wildman–Crippen LogP) is 1.84. The van der Waals surface area contributed by atoms with Gasteiger partial charge in [0.2, 0.25) is 0 Å². The first-order valence-corrected chi connectivity index (χ1v) is 4.55. The zero-order valence-electron chi connectivity index (χ0n) is 7.70. The fourth-order valence-electron chi connectivity index (χ4n) is 1.39. The molecule has 1 aromatic carbocycles. The van der Waals surface area contributed by atoms with Gasteiger partial charge in [-0.05, 0) is 18.6 Å². The van der Waals surface area contributed by atoms with E-state index in [-0.39, 0.29) is 5.69 Å². The molecule has 1 fully saturated rings. The molecule has 0 atom stereocenters. The highest BCUT2D eigenvalue weighted by atomic mass is 19.1. The Morgan fingerprint density at radius 3 is 2.64 bits per heavy atom. The molecule has 1 heterocycles. The van der Waals surface area contributed by atoms with Crippen LogP contribution in [0.4, 0.5) is 10.1 Å². The fourth-order valence-corrected chi connectivity index (χ4v) is 1.39. The summed E-state index contributed by atoms with van der Waals surface area (Å²) in [5, 5.41) is 0. The molecular weight excluding hydrogens is 185 g/mol. The largest absolute Gasteiger partial charge is 0.396 e. The minimum atomic E-state index is -0.412.